The van der Waals surface area contributed by atoms with Crippen molar-refractivity contribution < 1.29 is 0 Å². The Hall–Kier alpha value is -0.0900. The largest absolute Gasteiger partial charge is 0.267 e. The van der Waals surface area contributed by atoms with Crippen molar-refractivity contribution in [2.45, 2.75) is 13.3 Å². The second-order valence-electron chi connectivity index (χ2n) is 2.79. The molecule has 0 spiro atoms. The van der Waals surface area contributed by atoms with E-state index in [4.69, 9.17) is 0 Å². The second kappa shape index (κ2) is 4.96. The first-order chi connectivity index (χ1) is 6.19. The van der Waals surface area contributed by atoms with E-state index in [2.05, 4.69) is 50.0 Å². The maximum Gasteiger partial charge on any atom is 0.0748 e. The lowest BCUT2D eigenvalue weighted by atomic mass is 10.2. The van der Waals surface area contributed by atoms with E-state index >= 15 is 0 Å². The minimum Gasteiger partial charge on any atom is -0.267 e. The molecule has 0 radical (unpaired) electrons. The zero-order chi connectivity index (χ0) is 9.84. The molecule has 1 aromatic rings. The third-order valence-electron chi connectivity index (χ3n) is 1.90. The molecule has 13 heavy (non-hydrogen) atoms. The van der Waals surface area contributed by atoms with E-state index in [9.17, 15) is 0 Å². The summed E-state index contributed by atoms with van der Waals surface area (Å²) in [5.41, 5.74) is 2.49. The van der Waals surface area contributed by atoms with Crippen LogP contribution in [0, 0.1) is 0 Å². The second-order valence-corrected chi connectivity index (χ2v) is 4.21. The van der Waals surface area contributed by atoms with Gasteiger partial charge in [0.2, 0.25) is 0 Å². The molecule has 0 bridgehead atoms. The molecule has 0 unspecified atom stereocenters. The van der Waals surface area contributed by atoms with E-state index in [1.807, 2.05) is 17.9 Å². The topological polar surface area (TPSA) is 17.8 Å². The average Bonchev–Trinajstić information content (AvgIpc) is 2.44. The molecule has 0 saturated heterocycles. The molecule has 0 aliphatic rings. The van der Waals surface area contributed by atoms with Crippen LogP contribution in [-0.2, 0) is 7.05 Å². The lowest BCUT2D eigenvalue weighted by Crippen LogP contribution is -1.94. The highest BCUT2D eigenvalue weighted by molar-refractivity contribution is 9.10. The van der Waals surface area contributed by atoms with Crippen molar-refractivity contribution in [1.82, 2.24) is 9.78 Å². The van der Waals surface area contributed by atoms with Crippen LogP contribution in [0.4, 0.5) is 0 Å². The minimum atomic E-state index is 0.918. The highest BCUT2D eigenvalue weighted by atomic mass is 79.9. The molecule has 1 heterocycles. The number of alkyl halides is 1. The molecule has 0 aliphatic carbocycles. The molecule has 4 heteroatoms. The van der Waals surface area contributed by atoms with Crippen molar-refractivity contribution in [3.63, 3.8) is 0 Å². The van der Waals surface area contributed by atoms with Gasteiger partial charge in [-0.2, -0.15) is 5.10 Å². The predicted octanol–water partition coefficient (Wildman–Crippen LogP) is 3.37. The third kappa shape index (κ3) is 2.68. The van der Waals surface area contributed by atoms with E-state index in [-0.39, 0.29) is 0 Å². The summed E-state index contributed by atoms with van der Waals surface area (Å²) in [7, 11) is 1.94. The molecular formula is C9H12Br2N2. The Kier molecular flexibility index (Phi) is 4.19. The first-order valence-corrected chi connectivity index (χ1v) is 6.03. The van der Waals surface area contributed by atoms with Gasteiger partial charge in [0.1, 0.15) is 0 Å². The van der Waals surface area contributed by atoms with Crippen LogP contribution < -0.4 is 0 Å². The van der Waals surface area contributed by atoms with E-state index < -0.39 is 0 Å². The van der Waals surface area contributed by atoms with Crippen LogP contribution in [0.25, 0.3) is 6.08 Å². The fourth-order valence-electron chi connectivity index (χ4n) is 1.01. The molecule has 0 fully saturated rings. The van der Waals surface area contributed by atoms with Gasteiger partial charge in [-0.25, -0.2) is 0 Å². The molecule has 1 rings (SSSR count). The van der Waals surface area contributed by atoms with E-state index in [1.54, 1.807) is 0 Å². The van der Waals surface area contributed by atoms with Gasteiger partial charge in [0.25, 0.3) is 0 Å². The summed E-state index contributed by atoms with van der Waals surface area (Å²) in [6.07, 6.45) is 5.03. The summed E-state index contributed by atoms with van der Waals surface area (Å²) in [6, 6.07) is 0. The number of hydrogen-bond acceptors (Lipinski definition) is 1. The van der Waals surface area contributed by atoms with Gasteiger partial charge >= 0.3 is 0 Å². The third-order valence-corrected chi connectivity index (χ3v) is 3.24. The Labute approximate surface area is 95.3 Å². The Bertz CT molecular complexity index is 290. The monoisotopic (exact) mass is 306 g/mol. The summed E-state index contributed by atoms with van der Waals surface area (Å²) in [6.45, 7) is 2.15. The predicted molar refractivity (Wildman–Crippen MR) is 63.0 cm³/mol. The number of hydrogen-bond donors (Lipinski definition) is 0. The Morgan fingerprint density at radius 3 is 2.77 bits per heavy atom. The van der Waals surface area contributed by atoms with Crippen LogP contribution in [0.5, 0.6) is 0 Å². The standard InChI is InChI=1S/C9H12Br2N2/c1-3-7(5-10)4-9-8(11)6-12-13(9)2/h4,6H,3,5H2,1-2H3/b7-4+. The van der Waals surface area contributed by atoms with Crippen LogP contribution >= 0.6 is 31.9 Å². The van der Waals surface area contributed by atoms with Crippen molar-refractivity contribution in [3.05, 3.63) is 21.9 Å². The molecule has 0 saturated carbocycles. The summed E-state index contributed by atoms with van der Waals surface area (Å²) in [4.78, 5) is 0. The molecular weight excluding hydrogens is 296 g/mol. The van der Waals surface area contributed by atoms with Crippen molar-refractivity contribution in [3.8, 4) is 0 Å². The van der Waals surface area contributed by atoms with Crippen LogP contribution in [0.2, 0.25) is 0 Å². The minimum absolute atomic E-state index is 0.918. The summed E-state index contributed by atoms with van der Waals surface area (Å²) in [5.74, 6) is 0. The van der Waals surface area contributed by atoms with Crippen LogP contribution in [-0.4, -0.2) is 15.1 Å². The summed E-state index contributed by atoms with van der Waals surface area (Å²) < 4.78 is 2.91. The molecule has 2 nitrogen and oxygen atoms in total. The van der Waals surface area contributed by atoms with Crippen molar-refractivity contribution >= 4 is 37.9 Å². The summed E-state index contributed by atoms with van der Waals surface area (Å²) >= 11 is 6.92. The highest BCUT2D eigenvalue weighted by Gasteiger charge is 2.03. The fraction of sp³-hybridized carbons (Fsp3) is 0.444. The molecule has 0 N–H and O–H groups in total. The molecule has 0 amide bonds. The Morgan fingerprint density at radius 2 is 2.38 bits per heavy atom. The van der Waals surface area contributed by atoms with Gasteiger partial charge in [0.15, 0.2) is 0 Å². The Balaban J connectivity index is 3.01. The van der Waals surface area contributed by atoms with Crippen molar-refractivity contribution in [1.29, 1.82) is 0 Å². The van der Waals surface area contributed by atoms with Crippen LogP contribution in [0.1, 0.15) is 19.0 Å². The quantitative estimate of drug-likeness (QED) is 0.783. The normalized spacial score (nSPS) is 12.2. The van der Waals surface area contributed by atoms with Crippen molar-refractivity contribution in [2.75, 3.05) is 5.33 Å². The number of allylic oxidation sites excluding steroid dienone is 1. The van der Waals surface area contributed by atoms with Gasteiger partial charge in [0.05, 0.1) is 16.4 Å². The number of aryl methyl sites for hydroxylation is 1. The Morgan fingerprint density at radius 1 is 1.69 bits per heavy atom. The molecule has 0 aliphatic heterocycles. The number of halogens is 2. The van der Waals surface area contributed by atoms with Gasteiger partial charge in [-0.05, 0) is 28.4 Å². The van der Waals surface area contributed by atoms with Gasteiger partial charge < -0.3 is 0 Å². The maximum atomic E-state index is 4.15. The molecule has 1 aromatic heterocycles. The lowest BCUT2D eigenvalue weighted by Gasteiger charge is -2.00. The fourth-order valence-corrected chi connectivity index (χ4v) is 2.03. The van der Waals surface area contributed by atoms with Gasteiger partial charge in [-0.1, -0.05) is 28.4 Å². The van der Waals surface area contributed by atoms with Crippen LogP contribution in [0.15, 0.2) is 16.2 Å². The SMILES string of the molecule is CC/C(=C\c1c(Br)cnn1C)CBr. The smallest absolute Gasteiger partial charge is 0.0748 e. The van der Waals surface area contributed by atoms with Gasteiger partial charge in [0, 0.05) is 12.4 Å². The van der Waals surface area contributed by atoms with E-state index in [0.29, 0.717) is 0 Å². The van der Waals surface area contributed by atoms with Crippen LogP contribution in [0.3, 0.4) is 0 Å². The zero-order valence-corrected chi connectivity index (χ0v) is 10.9. The number of nitrogens with zero attached hydrogens (tertiary/aromatic N) is 2. The highest BCUT2D eigenvalue weighted by Crippen LogP contribution is 2.19. The first-order valence-electron chi connectivity index (χ1n) is 4.12. The number of aromatic nitrogens is 2. The summed E-state index contributed by atoms with van der Waals surface area (Å²) in [5, 5.41) is 5.07. The first kappa shape index (κ1) is 11.0. The van der Waals surface area contributed by atoms with Gasteiger partial charge in [-0.15, -0.1) is 0 Å². The average molecular weight is 308 g/mol. The lowest BCUT2D eigenvalue weighted by molar-refractivity contribution is 0.758. The molecule has 72 valence electrons. The van der Waals surface area contributed by atoms with E-state index in [1.165, 1.54) is 5.57 Å². The maximum absolute atomic E-state index is 4.15. The zero-order valence-electron chi connectivity index (χ0n) is 7.72. The number of rotatable bonds is 3. The van der Waals surface area contributed by atoms with E-state index in [0.717, 1.165) is 21.9 Å². The molecule has 0 aromatic carbocycles. The molecule has 0 atom stereocenters. The van der Waals surface area contributed by atoms with Crippen molar-refractivity contribution in [2.24, 2.45) is 7.05 Å². The van der Waals surface area contributed by atoms with Gasteiger partial charge in [-0.3, -0.25) is 4.68 Å².